The molecular formula is C38H63O2P. The Morgan fingerprint density at radius 1 is 0.585 bits per heavy atom. The van der Waals surface area contributed by atoms with Gasteiger partial charge >= 0.3 is 0 Å². The van der Waals surface area contributed by atoms with Crippen LogP contribution in [0.25, 0.3) is 0 Å². The summed E-state index contributed by atoms with van der Waals surface area (Å²) in [5.74, 6) is 0.880. The van der Waals surface area contributed by atoms with Gasteiger partial charge in [0.05, 0.1) is 13.2 Å². The van der Waals surface area contributed by atoms with Crippen molar-refractivity contribution in [2.24, 2.45) is 21.7 Å². The molecule has 0 aliphatic carbocycles. The lowest BCUT2D eigenvalue weighted by Crippen LogP contribution is -2.41. The molecule has 0 radical (unpaired) electrons. The minimum Gasteiger partial charge on any atom is -0.331 e. The van der Waals surface area contributed by atoms with E-state index in [1.807, 2.05) is 13.8 Å². The Balaban J connectivity index is 2.49. The molecule has 2 aromatic rings. The summed E-state index contributed by atoms with van der Waals surface area (Å²) < 4.78 is 11.9. The third-order valence-corrected chi connectivity index (χ3v) is 11.1. The second-order valence-corrected chi connectivity index (χ2v) is 18.1. The maximum absolute atomic E-state index is 5.94. The van der Waals surface area contributed by atoms with Crippen molar-refractivity contribution in [1.82, 2.24) is 0 Å². The van der Waals surface area contributed by atoms with Gasteiger partial charge in [-0.05, 0) is 94.4 Å². The zero-order valence-corrected chi connectivity index (χ0v) is 30.3. The molecule has 2 unspecified atom stereocenters. The first-order valence-electron chi connectivity index (χ1n) is 15.9. The Kier molecular flexibility index (Phi) is 11.9. The van der Waals surface area contributed by atoms with Crippen LogP contribution in [0.15, 0.2) is 48.5 Å². The van der Waals surface area contributed by atoms with Gasteiger partial charge in [0.15, 0.2) is 0 Å². The van der Waals surface area contributed by atoms with Crippen LogP contribution in [-0.4, -0.2) is 13.2 Å². The van der Waals surface area contributed by atoms with Crippen LogP contribution in [0, 0.1) is 21.7 Å². The summed E-state index contributed by atoms with van der Waals surface area (Å²) in [5, 5.41) is 1.16. The number of hydrogen-bond donors (Lipinski definition) is 0. The fourth-order valence-electron chi connectivity index (χ4n) is 6.04. The highest BCUT2D eigenvalue weighted by molar-refractivity contribution is 7.56. The van der Waals surface area contributed by atoms with Crippen molar-refractivity contribution in [3.63, 3.8) is 0 Å². The topological polar surface area (TPSA) is 18.5 Å². The van der Waals surface area contributed by atoms with Crippen molar-refractivity contribution in [2.75, 3.05) is 13.2 Å². The van der Waals surface area contributed by atoms with Gasteiger partial charge in [0, 0.05) is 5.30 Å². The summed E-state index contributed by atoms with van der Waals surface area (Å²) in [6.07, 6.45) is 2.28. The summed E-state index contributed by atoms with van der Waals surface area (Å²) in [6, 6.07) is 18.7. The second-order valence-electron chi connectivity index (χ2n) is 16.6. The Labute approximate surface area is 256 Å². The van der Waals surface area contributed by atoms with E-state index in [2.05, 4.69) is 139 Å². The standard InChI is InChI=1S/C38H63O2P/c1-16-39-41(40-17-2)31-24-20-28(21-25-31)32(36(9,10)11)27-37(12,13)38(14,15)33(26-34(3,4)5)29-18-22-30(23-19-29)35(6,7)8/h18-25,32-33H,16-17,26-27H2,1-15H3. The van der Waals surface area contributed by atoms with Crippen LogP contribution < -0.4 is 5.30 Å². The fourth-order valence-corrected chi connectivity index (χ4v) is 7.27. The predicted molar refractivity (Wildman–Crippen MR) is 183 cm³/mol. The molecule has 2 aromatic carbocycles. The molecule has 2 atom stereocenters. The van der Waals surface area contributed by atoms with E-state index < -0.39 is 8.38 Å². The third kappa shape index (κ3) is 9.64. The SMILES string of the molecule is CCOP(OCC)c1ccc(C(CC(C)(C)C(C)(C)C(CC(C)(C)C)c2ccc(C(C)(C)C)cc2)C(C)(C)C)cc1. The van der Waals surface area contributed by atoms with Crippen LogP contribution in [0.3, 0.4) is 0 Å². The maximum atomic E-state index is 5.94. The number of benzene rings is 2. The van der Waals surface area contributed by atoms with Crippen molar-refractivity contribution in [1.29, 1.82) is 0 Å². The van der Waals surface area contributed by atoms with Gasteiger partial charge in [-0.15, -0.1) is 0 Å². The summed E-state index contributed by atoms with van der Waals surface area (Å²) in [4.78, 5) is 0. The van der Waals surface area contributed by atoms with Crippen molar-refractivity contribution in [3.05, 3.63) is 65.2 Å². The van der Waals surface area contributed by atoms with Crippen LogP contribution in [0.5, 0.6) is 0 Å². The van der Waals surface area contributed by atoms with Gasteiger partial charge in [-0.25, -0.2) is 0 Å². The zero-order valence-electron chi connectivity index (χ0n) is 29.4. The molecule has 0 saturated carbocycles. The molecular weight excluding hydrogens is 519 g/mol. The summed E-state index contributed by atoms with van der Waals surface area (Å²) in [5.41, 5.74) is 4.98. The first-order valence-corrected chi connectivity index (χ1v) is 17.1. The Hall–Kier alpha value is -1.21. The molecule has 0 amide bonds. The van der Waals surface area contributed by atoms with Gasteiger partial charge < -0.3 is 9.05 Å². The lowest BCUT2D eigenvalue weighted by atomic mass is 9.53. The van der Waals surface area contributed by atoms with Crippen molar-refractivity contribution < 1.29 is 9.05 Å². The maximum Gasteiger partial charge on any atom is 0.205 e. The lowest BCUT2D eigenvalue weighted by Gasteiger charge is -2.52. The highest BCUT2D eigenvalue weighted by Gasteiger charge is 2.47. The van der Waals surface area contributed by atoms with Crippen LogP contribution in [-0.2, 0) is 14.5 Å². The van der Waals surface area contributed by atoms with Crippen molar-refractivity contribution >= 4 is 13.7 Å². The van der Waals surface area contributed by atoms with Crippen molar-refractivity contribution in [2.45, 2.75) is 134 Å². The normalized spacial score (nSPS) is 15.3. The van der Waals surface area contributed by atoms with E-state index >= 15 is 0 Å². The molecule has 0 N–H and O–H groups in total. The molecule has 0 heterocycles. The van der Waals surface area contributed by atoms with E-state index in [0.717, 1.165) is 18.1 Å². The van der Waals surface area contributed by atoms with Crippen LogP contribution in [0.2, 0.25) is 0 Å². The van der Waals surface area contributed by atoms with E-state index in [1.54, 1.807) is 0 Å². The van der Waals surface area contributed by atoms with Gasteiger partial charge in [0.25, 0.3) is 0 Å². The van der Waals surface area contributed by atoms with Gasteiger partial charge in [-0.2, -0.15) is 0 Å². The molecule has 0 spiro atoms. The first kappa shape index (κ1) is 36.0. The van der Waals surface area contributed by atoms with Gasteiger partial charge in [0.2, 0.25) is 8.38 Å². The molecule has 2 nitrogen and oxygen atoms in total. The first-order chi connectivity index (χ1) is 18.6. The quantitative estimate of drug-likeness (QED) is 0.232. The van der Waals surface area contributed by atoms with Gasteiger partial charge in [0.1, 0.15) is 0 Å². The summed E-state index contributed by atoms with van der Waals surface area (Å²) in [6.45, 7) is 36.8. The second kappa shape index (κ2) is 13.6. The lowest BCUT2D eigenvalue weighted by molar-refractivity contribution is 0.0305. The molecule has 232 valence electrons. The average molecular weight is 583 g/mol. The third-order valence-electron chi connectivity index (χ3n) is 9.37. The van der Waals surface area contributed by atoms with Crippen molar-refractivity contribution in [3.8, 4) is 0 Å². The Bertz CT molecular complexity index is 1050. The predicted octanol–water partition coefficient (Wildman–Crippen LogP) is 11.8. The molecule has 41 heavy (non-hydrogen) atoms. The van der Waals surface area contributed by atoms with E-state index in [-0.39, 0.29) is 27.1 Å². The molecule has 0 aliphatic heterocycles. The molecule has 0 fully saturated rings. The number of rotatable bonds is 12. The average Bonchev–Trinajstić information content (AvgIpc) is 2.84. The van der Waals surface area contributed by atoms with Crippen LogP contribution in [0.1, 0.15) is 145 Å². The van der Waals surface area contributed by atoms with E-state index in [1.165, 1.54) is 16.7 Å². The number of hydrogen-bond acceptors (Lipinski definition) is 2. The van der Waals surface area contributed by atoms with Crippen LogP contribution in [0.4, 0.5) is 0 Å². The fraction of sp³-hybridized carbons (Fsp3) is 0.684. The van der Waals surface area contributed by atoms with E-state index in [4.69, 9.17) is 9.05 Å². The molecule has 0 saturated heterocycles. The summed E-state index contributed by atoms with van der Waals surface area (Å²) >= 11 is 0. The highest BCUT2D eigenvalue weighted by atomic mass is 31.2. The highest BCUT2D eigenvalue weighted by Crippen LogP contribution is 2.58. The summed E-state index contributed by atoms with van der Waals surface area (Å²) in [7, 11) is -1.02. The Morgan fingerprint density at radius 3 is 1.41 bits per heavy atom. The monoisotopic (exact) mass is 582 g/mol. The molecule has 3 heteroatoms. The smallest absolute Gasteiger partial charge is 0.205 e. The van der Waals surface area contributed by atoms with Gasteiger partial charge in [-0.1, -0.05) is 126 Å². The van der Waals surface area contributed by atoms with Crippen LogP contribution >= 0.6 is 8.38 Å². The van der Waals surface area contributed by atoms with E-state index in [0.29, 0.717) is 25.0 Å². The zero-order chi connectivity index (χ0) is 31.4. The molecule has 2 rings (SSSR count). The van der Waals surface area contributed by atoms with Gasteiger partial charge in [-0.3, -0.25) is 0 Å². The molecule has 0 aliphatic rings. The largest absolute Gasteiger partial charge is 0.331 e. The van der Waals surface area contributed by atoms with E-state index in [9.17, 15) is 0 Å². The molecule has 0 bridgehead atoms. The molecule has 0 aromatic heterocycles. The Morgan fingerprint density at radius 2 is 1.02 bits per heavy atom. The minimum atomic E-state index is -1.02. The minimum absolute atomic E-state index is 0.0746.